The Bertz CT molecular complexity index is 164. The number of rotatable bonds is 5. The van der Waals surface area contributed by atoms with Gasteiger partial charge in [0.1, 0.15) is 5.60 Å². The van der Waals surface area contributed by atoms with Crippen molar-refractivity contribution in [3.05, 3.63) is 12.7 Å². The second-order valence-electron chi connectivity index (χ2n) is 3.02. The lowest BCUT2D eigenvalue weighted by Crippen LogP contribution is -2.30. The van der Waals surface area contributed by atoms with E-state index in [1.165, 1.54) is 6.08 Å². The molecular formula is C9H16O2S. The molecule has 0 aromatic heterocycles. The molecule has 0 unspecified atom stereocenters. The first-order valence-corrected chi connectivity index (χ1v) is 5.10. The molecular weight excluding hydrogens is 172 g/mol. The molecule has 0 atom stereocenters. The van der Waals surface area contributed by atoms with E-state index in [0.29, 0.717) is 0 Å². The third-order valence-corrected chi connectivity index (χ3v) is 2.50. The van der Waals surface area contributed by atoms with Gasteiger partial charge in [-0.15, -0.1) is 0 Å². The largest absolute Gasteiger partial charge is 0.456 e. The van der Waals surface area contributed by atoms with Gasteiger partial charge in [-0.3, -0.25) is 0 Å². The highest BCUT2D eigenvalue weighted by Gasteiger charge is 2.20. The van der Waals surface area contributed by atoms with E-state index >= 15 is 0 Å². The summed E-state index contributed by atoms with van der Waals surface area (Å²) >= 11 is 1.76. The summed E-state index contributed by atoms with van der Waals surface area (Å²) in [6.07, 6.45) is 1.19. The number of ether oxygens (including phenoxy) is 1. The quantitative estimate of drug-likeness (QED) is 0.489. The Morgan fingerprint density at radius 2 is 2.25 bits per heavy atom. The molecule has 0 saturated heterocycles. The van der Waals surface area contributed by atoms with Crippen LogP contribution in [0.2, 0.25) is 0 Å². The first-order valence-electron chi connectivity index (χ1n) is 3.95. The summed E-state index contributed by atoms with van der Waals surface area (Å²) in [5.74, 6) is 1.51. The molecule has 0 rings (SSSR count). The zero-order valence-electron chi connectivity index (χ0n) is 7.92. The van der Waals surface area contributed by atoms with E-state index in [4.69, 9.17) is 4.74 Å². The van der Waals surface area contributed by atoms with E-state index in [0.717, 1.165) is 11.5 Å². The zero-order chi connectivity index (χ0) is 9.61. The average molecular weight is 188 g/mol. The van der Waals surface area contributed by atoms with Crippen molar-refractivity contribution in [2.24, 2.45) is 0 Å². The Hall–Kier alpha value is -0.440. The fraction of sp³-hybridized carbons (Fsp3) is 0.667. The van der Waals surface area contributed by atoms with E-state index in [1.807, 2.05) is 13.8 Å². The molecule has 0 aromatic carbocycles. The van der Waals surface area contributed by atoms with E-state index in [2.05, 4.69) is 13.5 Å². The molecule has 0 aromatic rings. The highest BCUT2D eigenvalue weighted by atomic mass is 32.2. The van der Waals surface area contributed by atoms with Crippen molar-refractivity contribution in [3.63, 3.8) is 0 Å². The number of hydrogen-bond donors (Lipinski definition) is 0. The van der Waals surface area contributed by atoms with Crippen molar-refractivity contribution >= 4 is 17.7 Å². The maximum absolute atomic E-state index is 10.8. The van der Waals surface area contributed by atoms with Gasteiger partial charge in [-0.1, -0.05) is 13.5 Å². The minimum atomic E-state index is -0.383. The summed E-state index contributed by atoms with van der Waals surface area (Å²) in [4.78, 5) is 10.8. The molecule has 0 aliphatic carbocycles. The second-order valence-corrected chi connectivity index (χ2v) is 4.30. The number of thioether (sulfide) groups is 1. The maximum Gasteiger partial charge on any atom is 0.330 e. The second kappa shape index (κ2) is 5.25. The van der Waals surface area contributed by atoms with Crippen LogP contribution in [0.25, 0.3) is 0 Å². The van der Waals surface area contributed by atoms with E-state index in [1.54, 1.807) is 11.8 Å². The Labute approximate surface area is 78.4 Å². The molecule has 0 bridgehead atoms. The Kier molecular flexibility index (Phi) is 5.06. The third kappa shape index (κ3) is 5.24. The zero-order valence-corrected chi connectivity index (χ0v) is 8.74. The van der Waals surface area contributed by atoms with Crippen LogP contribution in [0.5, 0.6) is 0 Å². The molecule has 0 amide bonds. The Morgan fingerprint density at radius 1 is 1.67 bits per heavy atom. The van der Waals surface area contributed by atoms with Crippen molar-refractivity contribution in [1.29, 1.82) is 0 Å². The van der Waals surface area contributed by atoms with E-state index < -0.39 is 0 Å². The van der Waals surface area contributed by atoms with Crippen LogP contribution >= 0.6 is 11.8 Å². The summed E-state index contributed by atoms with van der Waals surface area (Å²) in [6, 6.07) is 0. The van der Waals surface area contributed by atoms with Crippen molar-refractivity contribution in [3.8, 4) is 0 Å². The van der Waals surface area contributed by atoms with Gasteiger partial charge >= 0.3 is 5.97 Å². The highest BCUT2D eigenvalue weighted by molar-refractivity contribution is 7.99. The van der Waals surface area contributed by atoms with Crippen molar-refractivity contribution in [1.82, 2.24) is 0 Å². The van der Waals surface area contributed by atoms with Crippen molar-refractivity contribution in [2.75, 3.05) is 11.5 Å². The van der Waals surface area contributed by atoms with Crippen LogP contribution in [0.15, 0.2) is 12.7 Å². The standard InChI is InChI=1S/C9H16O2S/c1-5-8(10)11-9(3,4)7-12-6-2/h5H,1,6-7H2,2-4H3. The number of hydrogen-bond acceptors (Lipinski definition) is 3. The van der Waals surface area contributed by atoms with Gasteiger partial charge < -0.3 is 4.74 Å². The fourth-order valence-corrected chi connectivity index (χ4v) is 1.45. The van der Waals surface area contributed by atoms with Crippen LogP contribution in [-0.2, 0) is 9.53 Å². The summed E-state index contributed by atoms with van der Waals surface area (Å²) in [6.45, 7) is 9.22. The first-order chi connectivity index (χ1) is 5.52. The van der Waals surface area contributed by atoms with Gasteiger partial charge in [-0.05, 0) is 19.6 Å². The van der Waals surface area contributed by atoms with Crippen LogP contribution in [-0.4, -0.2) is 23.1 Å². The van der Waals surface area contributed by atoms with E-state index in [9.17, 15) is 4.79 Å². The normalized spacial score (nSPS) is 10.9. The van der Waals surface area contributed by atoms with Crippen molar-refractivity contribution < 1.29 is 9.53 Å². The summed E-state index contributed by atoms with van der Waals surface area (Å²) < 4.78 is 5.11. The molecule has 0 N–H and O–H groups in total. The summed E-state index contributed by atoms with van der Waals surface area (Å²) in [5.41, 5.74) is -0.383. The van der Waals surface area contributed by atoms with Crippen LogP contribution in [0.1, 0.15) is 20.8 Å². The number of carbonyl (C=O) groups excluding carboxylic acids is 1. The molecule has 0 spiro atoms. The van der Waals surface area contributed by atoms with Gasteiger partial charge in [0.15, 0.2) is 0 Å². The lowest BCUT2D eigenvalue weighted by molar-refractivity contribution is -0.148. The van der Waals surface area contributed by atoms with Crippen LogP contribution < -0.4 is 0 Å². The molecule has 0 fully saturated rings. The van der Waals surface area contributed by atoms with Gasteiger partial charge in [0, 0.05) is 11.8 Å². The monoisotopic (exact) mass is 188 g/mol. The van der Waals surface area contributed by atoms with Crippen molar-refractivity contribution in [2.45, 2.75) is 26.4 Å². The SMILES string of the molecule is C=CC(=O)OC(C)(C)CSCC. The van der Waals surface area contributed by atoms with Crippen LogP contribution in [0.4, 0.5) is 0 Å². The van der Waals surface area contributed by atoms with Gasteiger partial charge in [0.2, 0.25) is 0 Å². The van der Waals surface area contributed by atoms with Gasteiger partial charge in [-0.2, -0.15) is 11.8 Å². The third-order valence-electron chi connectivity index (χ3n) is 1.20. The lowest BCUT2D eigenvalue weighted by atomic mass is 10.2. The van der Waals surface area contributed by atoms with Gasteiger partial charge in [-0.25, -0.2) is 4.79 Å². The topological polar surface area (TPSA) is 26.3 Å². The Morgan fingerprint density at radius 3 is 2.67 bits per heavy atom. The predicted octanol–water partition coefficient (Wildman–Crippen LogP) is 2.25. The first kappa shape index (κ1) is 11.6. The fourth-order valence-electron chi connectivity index (χ4n) is 0.691. The van der Waals surface area contributed by atoms with E-state index in [-0.39, 0.29) is 11.6 Å². The summed E-state index contributed by atoms with van der Waals surface area (Å²) in [7, 11) is 0. The molecule has 0 heterocycles. The van der Waals surface area contributed by atoms with Crippen LogP contribution in [0.3, 0.4) is 0 Å². The molecule has 0 aliphatic heterocycles. The molecule has 0 radical (unpaired) electrons. The Balaban J connectivity index is 3.85. The molecule has 2 nitrogen and oxygen atoms in total. The molecule has 0 saturated carbocycles. The lowest BCUT2D eigenvalue weighted by Gasteiger charge is -2.23. The smallest absolute Gasteiger partial charge is 0.330 e. The number of esters is 1. The highest BCUT2D eigenvalue weighted by Crippen LogP contribution is 2.16. The maximum atomic E-state index is 10.8. The summed E-state index contributed by atoms with van der Waals surface area (Å²) in [5, 5.41) is 0. The minimum Gasteiger partial charge on any atom is -0.456 e. The molecule has 12 heavy (non-hydrogen) atoms. The number of carbonyl (C=O) groups is 1. The molecule has 0 aliphatic rings. The predicted molar refractivity (Wildman–Crippen MR) is 53.4 cm³/mol. The average Bonchev–Trinajstić information content (AvgIpc) is 2.00. The van der Waals surface area contributed by atoms with Crippen LogP contribution in [0, 0.1) is 0 Å². The van der Waals surface area contributed by atoms with Gasteiger partial charge in [0.05, 0.1) is 0 Å². The minimum absolute atomic E-state index is 0.350. The molecule has 3 heteroatoms. The van der Waals surface area contributed by atoms with Gasteiger partial charge in [0.25, 0.3) is 0 Å². The molecule has 70 valence electrons.